The second-order valence-corrected chi connectivity index (χ2v) is 9.29. The molecule has 1 aliphatic heterocycles. The summed E-state index contributed by atoms with van der Waals surface area (Å²) in [4.78, 5) is 25.9. The molecule has 192 valence electrons. The van der Waals surface area contributed by atoms with Crippen molar-refractivity contribution in [3.8, 4) is 16.9 Å². The van der Waals surface area contributed by atoms with E-state index in [9.17, 15) is 18.4 Å². The number of carbonyl (C=O) groups is 1. The van der Waals surface area contributed by atoms with E-state index in [0.29, 0.717) is 40.2 Å². The number of carbonyl (C=O) groups excluding carboxylic acids is 1. The molecular weight excluding hydrogens is 480 g/mol. The first kappa shape index (κ1) is 24.5. The number of halogens is 2. The lowest BCUT2D eigenvalue weighted by Crippen LogP contribution is -2.26. The molecule has 0 saturated carbocycles. The summed E-state index contributed by atoms with van der Waals surface area (Å²) in [6.07, 6.45) is 1.82. The second-order valence-electron chi connectivity index (χ2n) is 9.29. The number of nitrogens with zero attached hydrogens (tertiary/aromatic N) is 4. The molecule has 10 heteroatoms. The van der Waals surface area contributed by atoms with Gasteiger partial charge in [-0.3, -0.25) is 14.3 Å². The lowest BCUT2D eigenvalue weighted by atomic mass is 9.92. The van der Waals surface area contributed by atoms with Crippen LogP contribution in [0.4, 0.5) is 20.2 Å². The van der Waals surface area contributed by atoms with Crippen LogP contribution >= 0.6 is 0 Å². The first-order valence-corrected chi connectivity index (χ1v) is 11.9. The van der Waals surface area contributed by atoms with Gasteiger partial charge in [-0.25, -0.2) is 8.78 Å². The number of aryl methyl sites for hydroxylation is 3. The van der Waals surface area contributed by atoms with Gasteiger partial charge in [0.05, 0.1) is 24.5 Å². The maximum Gasteiger partial charge on any atom is 0.264 e. The molecule has 5 rings (SSSR count). The van der Waals surface area contributed by atoms with Crippen LogP contribution in [-0.2, 0) is 24.8 Å². The highest BCUT2D eigenvalue weighted by atomic mass is 19.3. The van der Waals surface area contributed by atoms with Crippen LogP contribution in [0.3, 0.4) is 0 Å². The molecule has 0 spiro atoms. The Balaban J connectivity index is 1.70. The van der Waals surface area contributed by atoms with Gasteiger partial charge in [0, 0.05) is 59.7 Å². The Hall–Kier alpha value is -4.21. The lowest BCUT2D eigenvalue weighted by Gasteiger charge is -2.34. The summed E-state index contributed by atoms with van der Waals surface area (Å²) in [7, 11) is 3.27. The highest BCUT2D eigenvalue weighted by Gasteiger charge is 2.26. The van der Waals surface area contributed by atoms with Gasteiger partial charge in [0.25, 0.3) is 12.0 Å². The number of anilines is 2. The van der Waals surface area contributed by atoms with Crippen molar-refractivity contribution >= 4 is 28.2 Å². The number of alkyl halides is 2. The number of aromatic nitrogens is 3. The highest BCUT2D eigenvalue weighted by Crippen LogP contribution is 2.43. The van der Waals surface area contributed by atoms with Gasteiger partial charge in [-0.1, -0.05) is 0 Å². The van der Waals surface area contributed by atoms with E-state index in [-0.39, 0.29) is 17.7 Å². The molecule has 2 aromatic carbocycles. The molecule has 0 bridgehead atoms. The molecule has 0 radical (unpaired) electrons. The van der Waals surface area contributed by atoms with Crippen LogP contribution in [0.15, 0.2) is 47.5 Å². The Labute approximate surface area is 211 Å². The lowest BCUT2D eigenvalue weighted by molar-refractivity contribution is -0.118. The Bertz CT molecular complexity index is 1590. The zero-order valence-electron chi connectivity index (χ0n) is 20.8. The maximum absolute atomic E-state index is 14.4. The second kappa shape index (κ2) is 9.34. The van der Waals surface area contributed by atoms with Crippen LogP contribution in [-0.4, -0.2) is 33.9 Å². The molecule has 0 aliphatic carbocycles. The zero-order valence-corrected chi connectivity index (χ0v) is 20.8. The molecule has 2 aromatic heterocycles. The summed E-state index contributed by atoms with van der Waals surface area (Å²) in [5.74, 6) is 0.00381. The molecule has 8 nitrogen and oxygen atoms in total. The van der Waals surface area contributed by atoms with Crippen molar-refractivity contribution in [1.29, 1.82) is 0 Å². The predicted octanol–water partition coefficient (Wildman–Crippen LogP) is 4.23. The number of rotatable bonds is 6. The molecule has 2 N–H and O–H groups in total. The Morgan fingerprint density at radius 3 is 2.68 bits per heavy atom. The third-order valence-electron chi connectivity index (χ3n) is 6.87. The standard InChI is InChI=1S/C27H27F2N5O3/c1-15-7-21-23(32(2)27(15)36)9-18(37-3)10-24(21)34-6-4-5-16-8-19(20(26(28)29)11-22(16)34)17-12-31-33(13-17)14-25(30)35/h7-13,26H,4-6,14H2,1-3H3,(H2,30,35). The fourth-order valence-electron chi connectivity index (χ4n) is 5.09. The quantitative estimate of drug-likeness (QED) is 0.422. The van der Waals surface area contributed by atoms with Gasteiger partial charge in [0.15, 0.2) is 0 Å². The van der Waals surface area contributed by atoms with E-state index in [2.05, 4.69) is 5.10 Å². The number of pyridine rings is 1. The van der Waals surface area contributed by atoms with Crippen LogP contribution in [0.2, 0.25) is 0 Å². The van der Waals surface area contributed by atoms with Gasteiger partial charge >= 0.3 is 0 Å². The van der Waals surface area contributed by atoms with Crippen molar-refractivity contribution in [2.75, 3.05) is 18.6 Å². The first-order chi connectivity index (χ1) is 17.7. The van der Waals surface area contributed by atoms with Crippen LogP contribution in [0.25, 0.3) is 22.0 Å². The predicted molar refractivity (Wildman–Crippen MR) is 138 cm³/mol. The number of benzene rings is 2. The van der Waals surface area contributed by atoms with E-state index in [1.807, 2.05) is 23.1 Å². The minimum atomic E-state index is -2.73. The van der Waals surface area contributed by atoms with Gasteiger partial charge in [0.2, 0.25) is 5.91 Å². The third-order valence-corrected chi connectivity index (χ3v) is 6.87. The number of nitrogens with two attached hydrogens (primary N) is 1. The SMILES string of the molecule is COc1cc(N2CCCc3cc(-c4cnn(CC(N)=O)c4)c(C(F)F)cc32)c2cc(C)c(=O)n(C)c2c1. The number of ether oxygens (including phenoxy) is 1. The Kier molecular flexibility index (Phi) is 6.18. The van der Waals surface area contributed by atoms with Crippen molar-refractivity contribution in [2.24, 2.45) is 12.8 Å². The molecule has 1 amide bonds. The highest BCUT2D eigenvalue weighted by molar-refractivity contribution is 5.97. The Morgan fingerprint density at radius 2 is 1.97 bits per heavy atom. The topological polar surface area (TPSA) is 95.4 Å². The van der Waals surface area contributed by atoms with Crippen LogP contribution in [0.1, 0.15) is 29.5 Å². The summed E-state index contributed by atoms with van der Waals surface area (Å²) in [6.45, 7) is 2.25. The maximum atomic E-state index is 14.4. The summed E-state index contributed by atoms with van der Waals surface area (Å²) < 4.78 is 37.2. The summed E-state index contributed by atoms with van der Waals surface area (Å²) >= 11 is 0. The van der Waals surface area contributed by atoms with Crippen LogP contribution < -0.4 is 20.9 Å². The fourth-order valence-corrected chi connectivity index (χ4v) is 5.09. The van der Waals surface area contributed by atoms with Gasteiger partial charge in [-0.2, -0.15) is 5.10 Å². The van der Waals surface area contributed by atoms with E-state index in [0.717, 1.165) is 29.5 Å². The summed E-state index contributed by atoms with van der Waals surface area (Å²) in [5, 5.41) is 4.94. The van der Waals surface area contributed by atoms with Gasteiger partial charge in [-0.05, 0) is 49.1 Å². The molecule has 37 heavy (non-hydrogen) atoms. The first-order valence-electron chi connectivity index (χ1n) is 11.9. The molecule has 0 unspecified atom stereocenters. The van der Waals surface area contributed by atoms with E-state index in [1.165, 1.54) is 10.9 Å². The van der Waals surface area contributed by atoms with E-state index in [1.54, 1.807) is 44.0 Å². The minimum Gasteiger partial charge on any atom is -0.497 e. The smallest absolute Gasteiger partial charge is 0.264 e. The molecule has 0 atom stereocenters. The van der Waals surface area contributed by atoms with Gasteiger partial charge in [0.1, 0.15) is 12.3 Å². The third kappa shape index (κ3) is 4.32. The minimum absolute atomic E-state index is 0.104. The monoisotopic (exact) mass is 507 g/mol. The van der Waals surface area contributed by atoms with Crippen molar-refractivity contribution in [2.45, 2.75) is 32.7 Å². The average molecular weight is 508 g/mol. The number of fused-ring (bicyclic) bond motifs is 2. The van der Waals surface area contributed by atoms with Gasteiger partial charge < -0.3 is 19.9 Å². The van der Waals surface area contributed by atoms with Crippen molar-refractivity contribution in [3.63, 3.8) is 0 Å². The van der Waals surface area contributed by atoms with E-state index >= 15 is 0 Å². The molecule has 1 aliphatic rings. The number of amides is 1. The number of hydrogen-bond donors (Lipinski definition) is 1. The van der Waals surface area contributed by atoms with E-state index < -0.39 is 12.3 Å². The summed E-state index contributed by atoms with van der Waals surface area (Å²) in [6, 6.07) is 8.86. The van der Waals surface area contributed by atoms with Crippen LogP contribution in [0.5, 0.6) is 5.75 Å². The molecule has 3 heterocycles. The summed E-state index contributed by atoms with van der Waals surface area (Å²) in [5.41, 5.74) is 9.58. The van der Waals surface area contributed by atoms with Crippen LogP contribution in [0, 0.1) is 6.92 Å². The fraction of sp³-hybridized carbons (Fsp3) is 0.296. The number of hydrogen-bond acceptors (Lipinski definition) is 5. The zero-order chi connectivity index (χ0) is 26.4. The normalized spacial score (nSPS) is 13.3. The number of primary amides is 1. The molecule has 0 fully saturated rings. The van der Waals surface area contributed by atoms with E-state index in [4.69, 9.17) is 10.5 Å². The molecular formula is C27H27F2N5O3. The molecule has 0 saturated heterocycles. The number of methoxy groups -OCH3 is 1. The largest absolute Gasteiger partial charge is 0.497 e. The average Bonchev–Trinajstić information content (AvgIpc) is 3.33. The van der Waals surface area contributed by atoms with Gasteiger partial charge in [-0.15, -0.1) is 0 Å². The van der Waals surface area contributed by atoms with Crippen molar-refractivity contribution in [3.05, 3.63) is 69.8 Å². The van der Waals surface area contributed by atoms with Crippen molar-refractivity contribution < 1.29 is 18.3 Å². The van der Waals surface area contributed by atoms with Crippen molar-refractivity contribution in [1.82, 2.24) is 14.3 Å². The Morgan fingerprint density at radius 1 is 1.19 bits per heavy atom. The molecule has 4 aromatic rings.